The van der Waals surface area contributed by atoms with E-state index in [1.807, 2.05) is 11.8 Å². The number of nitrogens with one attached hydrogen (secondary N) is 1. The lowest BCUT2D eigenvalue weighted by molar-refractivity contribution is 0.0434. The molecule has 5 nitrogen and oxygen atoms in total. The van der Waals surface area contributed by atoms with Crippen molar-refractivity contribution >= 4 is 41.7 Å². The van der Waals surface area contributed by atoms with Crippen molar-refractivity contribution in [2.45, 2.75) is 38.0 Å². The van der Waals surface area contributed by atoms with E-state index in [1.165, 1.54) is 6.42 Å². The van der Waals surface area contributed by atoms with Crippen molar-refractivity contribution in [2.75, 3.05) is 31.9 Å². The fourth-order valence-corrected chi connectivity index (χ4v) is 3.66. The van der Waals surface area contributed by atoms with Crippen LogP contribution in [0.25, 0.3) is 0 Å². The first kappa shape index (κ1) is 20.6. The molecular formula is C16H28IN3O2S. The highest BCUT2D eigenvalue weighted by Gasteiger charge is 2.27. The Labute approximate surface area is 160 Å². The lowest BCUT2D eigenvalue weighted by Crippen LogP contribution is -2.48. The van der Waals surface area contributed by atoms with Crippen LogP contribution in [0.2, 0.25) is 0 Å². The van der Waals surface area contributed by atoms with Crippen molar-refractivity contribution in [3.63, 3.8) is 0 Å². The van der Waals surface area contributed by atoms with Gasteiger partial charge in [-0.15, -0.1) is 24.0 Å². The summed E-state index contributed by atoms with van der Waals surface area (Å²) in [7, 11) is 0. The van der Waals surface area contributed by atoms with Gasteiger partial charge in [0.25, 0.3) is 0 Å². The molecule has 0 spiro atoms. The van der Waals surface area contributed by atoms with Crippen molar-refractivity contribution in [3.8, 4) is 0 Å². The topological polar surface area (TPSA) is 61.0 Å². The normalized spacial score (nSPS) is 21.5. The monoisotopic (exact) mass is 453 g/mol. The van der Waals surface area contributed by atoms with E-state index in [9.17, 15) is 5.11 Å². The van der Waals surface area contributed by atoms with E-state index < -0.39 is 5.60 Å². The summed E-state index contributed by atoms with van der Waals surface area (Å²) in [6.45, 7) is 9.14. The minimum absolute atomic E-state index is 0. The van der Waals surface area contributed by atoms with Gasteiger partial charge in [0.2, 0.25) is 0 Å². The largest absolute Gasteiger partial charge is 0.466 e. The van der Waals surface area contributed by atoms with Crippen LogP contribution in [-0.4, -0.2) is 53.1 Å². The zero-order valence-electron chi connectivity index (χ0n) is 14.1. The van der Waals surface area contributed by atoms with Crippen LogP contribution >= 0.6 is 35.7 Å². The fourth-order valence-electron chi connectivity index (χ4n) is 2.48. The third-order valence-corrected chi connectivity index (χ3v) is 5.19. The number of aliphatic hydroxyl groups is 1. The minimum Gasteiger partial charge on any atom is -0.466 e. The minimum atomic E-state index is -1.08. The van der Waals surface area contributed by atoms with Gasteiger partial charge in [0.15, 0.2) is 5.96 Å². The molecule has 7 heteroatoms. The van der Waals surface area contributed by atoms with Crippen molar-refractivity contribution in [2.24, 2.45) is 4.99 Å². The highest BCUT2D eigenvalue weighted by Crippen LogP contribution is 2.23. The van der Waals surface area contributed by atoms with Crippen molar-refractivity contribution in [1.29, 1.82) is 0 Å². The molecule has 2 unspecified atom stereocenters. The summed E-state index contributed by atoms with van der Waals surface area (Å²) in [5, 5.41) is 14.5. The van der Waals surface area contributed by atoms with Crippen LogP contribution < -0.4 is 5.32 Å². The molecule has 2 rings (SSSR count). The number of guanidine groups is 1. The molecule has 2 heterocycles. The van der Waals surface area contributed by atoms with Gasteiger partial charge in [0, 0.05) is 30.6 Å². The molecule has 2 N–H and O–H groups in total. The zero-order chi connectivity index (χ0) is 16.0. The molecule has 1 aliphatic heterocycles. The van der Waals surface area contributed by atoms with Crippen LogP contribution in [0.15, 0.2) is 27.8 Å². The number of hydrogen-bond donors (Lipinski definition) is 2. The second-order valence-corrected chi connectivity index (χ2v) is 7.18. The average molecular weight is 453 g/mol. The maximum atomic E-state index is 10.5. The van der Waals surface area contributed by atoms with Gasteiger partial charge in [0.1, 0.15) is 11.4 Å². The summed E-state index contributed by atoms with van der Waals surface area (Å²) in [6, 6.07) is 3.57. The van der Waals surface area contributed by atoms with Gasteiger partial charge < -0.3 is 19.7 Å². The first-order valence-corrected chi connectivity index (χ1v) is 9.03. The lowest BCUT2D eigenvalue weighted by Gasteiger charge is -2.34. The van der Waals surface area contributed by atoms with Gasteiger partial charge in [-0.05, 0) is 32.4 Å². The molecule has 1 saturated heterocycles. The van der Waals surface area contributed by atoms with Gasteiger partial charge in [-0.2, -0.15) is 11.8 Å². The molecule has 0 saturated carbocycles. The number of nitrogens with zero attached hydrogens (tertiary/aromatic N) is 2. The molecule has 1 fully saturated rings. The first-order valence-electron chi connectivity index (χ1n) is 7.98. The number of hydrogen-bond acceptors (Lipinski definition) is 4. The summed E-state index contributed by atoms with van der Waals surface area (Å²) in [5.74, 6) is 2.55. The van der Waals surface area contributed by atoms with Crippen LogP contribution in [-0.2, 0) is 5.60 Å². The molecule has 132 valence electrons. The number of halogens is 1. The molecule has 0 amide bonds. The van der Waals surface area contributed by atoms with Gasteiger partial charge in [-0.1, -0.05) is 6.92 Å². The van der Waals surface area contributed by atoms with Gasteiger partial charge in [0.05, 0.1) is 12.8 Å². The van der Waals surface area contributed by atoms with Crippen LogP contribution in [0.1, 0.15) is 33.0 Å². The summed E-state index contributed by atoms with van der Waals surface area (Å²) in [4.78, 5) is 6.94. The summed E-state index contributed by atoms with van der Waals surface area (Å²) in [5.41, 5.74) is -1.08. The molecule has 2 atom stereocenters. The highest BCUT2D eigenvalue weighted by molar-refractivity contribution is 14.0. The number of furan rings is 1. The Morgan fingerprint density at radius 1 is 1.57 bits per heavy atom. The van der Waals surface area contributed by atoms with E-state index in [2.05, 4.69) is 29.1 Å². The maximum absolute atomic E-state index is 10.5. The van der Waals surface area contributed by atoms with Crippen molar-refractivity contribution in [3.05, 3.63) is 24.2 Å². The van der Waals surface area contributed by atoms with Crippen LogP contribution in [0.3, 0.4) is 0 Å². The van der Waals surface area contributed by atoms with Gasteiger partial charge in [-0.3, -0.25) is 0 Å². The Morgan fingerprint density at radius 3 is 2.96 bits per heavy atom. The Balaban J connectivity index is 0.00000264. The number of thioether (sulfide) groups is 1. The van der Waals surface area contributed by atoms with E-state index in [0.717, 1.165) is 31.3 Å². The third kappa shape index (κ3) is 5.86. The van der Waals surface area contributed by atoms with Crippen LogP contribution in [0.5, 0.6) is 0 Å². The lowest BCUT2D eigenvalue weighted by atomic mass is 10.0. The smallest absolute Gasteiger partial charge is 0.194 e. The standard InChI is InChI=1S/C16H27N3O2S.HI/c1-4-13-11-19(8-10-22-13)15(17-5-2)18-12-16(3,20)14-7-6-9-21-14;/h6-7,9,13,20H,4-5,8,10-12H2,1-3H3,(H,17,18);1H. The second-order valence-electron chi connectivity index (χ2n) is 5.77. The molecular weight excluding hydrogens is 425 g/mol. The van der Waals surface area contributed by atoms with Crippen LogP contribution in [0.4, 0.5) is 0 Å². The van der Waals surface area contributed by atoms with Crippen molar-refractivity contribution < 1.29 is 9.52 Å². The van der Waals surface area contributed by atoms with Crippen LogP contribution in [0, 0.1) is 0 Å². The molecule has 1 aromatic rings. The van der Waals surface area contributed by atoms with Crippen molar-refractivity contribution in [1.82, 2.24) is 10.2 Å². The average Bonchev–Trinajstić information content (AvgIpc) is 3.07. The van der Waals surface area contributed by atoms with E-state index in [4.69, 9.17) is 4.42 Å². The van der Waals surface area contributed by atoms with Gasteiger partial charge in [-0.25, -0.2) is 4.99 Å². The molecule has 0 aromatic carbocycles. The summed E-state index contributed by atoms with van der Waals surface area (Å²) >= 11 is 2.04. The predicted octanol–water partition coefficient (Wildman–Crippen LogP) is 2.90. The first-order chi connectivity index (χ1) is 10.6. The Morgan fingerprint density at radius 2 is 2.35 bits per heavy atom. The summed E-state index contributed by atoms with van der Waals surface area (Å²) in [6.07, 6.45) is 2.75. The third-order valence-electron chi connectivity index (χ3n) is 3.82. The molecule has 1 aliphatic rings. The van der Waals surface area contributed by atoms with E-state index in [1.54, 1.807) is 25.3 Å². The molecule has 0 radical (unpaired) electrons. The number of aliphatic imine (C=N–C) groups is 1. The highest BCUT2D eigenvalue weighted by atomic mass is 127. The Hall–Kier alpha value is -0.410. The zero-order valence-corrected chi connectivity index (χ0v) is 17.3. The quantitative estimate of drug-likeness (QED) is 0.408. The van der Waals surface area contributed by atoms with E-state index in [0.29, 0.717) is 11.0 Å². The predicted molar refractivity (Wildman–Crippen MR) is 108 cm³/mol. The van der Waals surface area contributed by atoms with Gasteiger partial charge >= 0.3 is 0 Å². The Bertz CT molecular complexity index is 480. The molecule has 1 aromatic heterocycles. The number of rotatable bonds is 5. The SMILES string of the molecule is CCNC(=NCC(C)(O)c1ccco1)N1CCSC(CC)C1.I. The molecule has 0 aliphatic carbocycles. The molecule has 23 heavy (non-hydrogen) atoms. The second kappa shape index (κ2) is 9.78. The maximum Gasteiger partial charge on any atom is 0.194 e. The van der Waals surface area contributed by atoms with E-state index in [-0.39, 0.29) is 30.5 Å². The molecule has 0 bridgehead atoms. The Kier molecular flexibility index (Phi) is 8.78. The fraction of sp³-hybridized carbons (Fsp3) is 0.688. The summed E-state index contributed by atoms with van der Waals surface area (Å²) < 4.78 is 5.31. The van der Waals surface area contributed by atoms with E-state index >= 15 is 0 Å².